The SMILES string of the molecule is CCCN(C)C(=O)Oc1cccc([N+](=O)[O-])c1O. The Bertz CT molecular complexity index is 461. The summed E-state index contributed by atoms with van der Waals surface area (Å²) in [4.78, 5) is 22.7. The van der Waals surface area contributed by atoms with E-state index in [2.05, 4.69) is 0 Å². The summed E-state index contributed by atoms with van der Waals surface area (Å²) in [6.45, 7) is 2.39. The highest BCUT2D eigenvalue weighted by molar-refractivity contribution is 5.72. The highest BCUT2D eigenvalue weighted by Crippen LogP contribution is 2.35. The summed E-state index contributed by atoms with van der Waals surface area (Å²) in [5.74, 6) is -0.877. The first-order valence-corrected chi connectivity index (χ1v) is 5.36. The van der Waals surface area contributed by atoms with Gasteiger partial charge in [0.1, 0.15) is 0 Å². The Morgan fingerprint density at radius 3 is 2.78 bits per heavy atom. The second-order valence-electron chi connectivity index (χ2n) is 3.67. The van der Waals surface area contributed by atoms with Crippen molar-refractivity contribution in [3.63, 3.8) is 0 Å². The summed E-state index contributed by atoms with van der Waals surface area (Å²) in [6.07, 6.45) is 0.0830. The molecular weight excluding hydrogens is 240 g/mol. The highest BCUT2D eigenvalue weighted by Gasteiger charge is 2.20. The molecule has 98 valence electrons. The number of aromatic hydroxyl groups is 1. The molecule has 1 amide bonds. The number of benzene rings is 1. The van der Waals surface area contributed by atoms with Gasteiger partial charge in [-0.15, -0.1) is 0 Å². The molecule has 1 aromatic carbocycles. The van der Waals surface area contributed by atoms with Crippen molar-refractivity contribution >= 4 is 11.8 Å². The van der Waals surface area contributed by atoms with Crippen molar-refractivity contribution in [2.75, 3.05) is 13.6 Å². The molecule has 0 bridgehead atoms. The van der Waals surface area contributed by atoms with E-state index in [9.17, 15) is 20.0 Å². The van der Waals surface area contributed by atoms with Crippen LogP contribution in [0.5, 0.6) is 11.5 Å². The minimum absolute atomic E-state index is 0.225. The zero-order valence-electron chi connectivity index (χ0n) is 10.1. The van der Waals surface area contributed by atoms with Gasteiger partial charge in [0.15, 0.2) is 5.75 Å². The molecule has 7 nitrogen and oxygen atoms in total. The number of carbonyl (C=O) groups is 1. The smallest absolute Gasteiger partial charge is 0.415 e. The molecule has 0 atom stereocenters. The van der Waals surface area contributed by atoms with Gasteiger partial charge in [-0.05, 0) is 12.5 Å². The van der Waals surface area contributed by atoms with Gasteiger partial charge in [-0.3, -0.25) is 10.1 Å². The zero-order chi connectivity index (χ0) is 13.7. The van der Waals surface area contributed by atoms with Crippen LogP contribution in [0, 0.1) is 10.1 Å². The quantitative estimate of drug-likeness (QED) is 0.656. The maximum Gasteiger partial charge on any atom is 0.415 e. The highest BCUT2D eigenvalue weighted by atomic mass is 16.6. The number of carbonyl (C=O) groups excluding carboxylic acids is 1. The largest absolute Gasteiger partial charge is 0.499 e. The Morgan fingerprint density at radius 1 is 1.56 bits per heavy atom. The second-order valence-corrected chi connectivity index (χ2v) is 3.67. The number of amides is 1. The van der Waals surface area contributed by atoms with Crippen LogP contribution in [-0.2, 0) is 0 Å². The summed E-state index contributed by atoms with van der Waals surface area (Å²) >= 11 is 0. The molecule has 0 radical (unpaired) electrons. The molecule has 0 fully saturated rings. The van der Waals surface area contributed by atoms with Gasteiger partial charge in [0, 0.05) is 19.7 Å². The molecule has 7 heteroatoms. The Morgan fingerprint density at radius 2 is 2.22 bits per heavy atom. The number of nitro benzene ring substituents is 1. The van der Waals surface area contributed by atoms with Crippen LogP contribution in [0.1, 0.15) is 13.3 Å². The molecule has 0 aliphatic heterocycles. The number of nitrogens with zero attached hydrogens (tertiary/aromatic N) is 2. The number of phenolic OH excluding ortho intramolecular Hbond substituents is 1. The van der Waals surface area contributed by atoms with Gasteiger partial charge in [0.05, 0.1) is 4.92 Å². The van der Waals surface area contributed by atoms with Crippen LogP contribution in [0.3, 0.4) is 0 Å². The van der Waals surface area contributed by atoms with Gasteiger partial charge in [-0.1, -0.05) is 13.0 Å². The molecule has 1 aromatic rings. The summed E-state index contributed by atoms with van der Waals surface area (Å²) in [5.41, 5.74) is -0.501. The van der Waals surface area contributed by atoms with E-state index in [0.29, 0.717) is 6.54 Å². The lowest BCUT2D eigenvalue weighted by molar-refractivity contribution is -0.385. The van der Waals surface area contributed by atoms with E-state index >= 15 is 0 Å². The van der Waals surface area contributed by atoms with Crippen LogP contribution < -0.4 is 4.74 Å². The van der Waals surface area contributed by atoms with Crippen LogP contribution in [0.2, 0.25) is 0 Å². The summed E-state index contributed by atoms with van der Waals surface area (Å²) in [6, 6.07) is 3.75. The number of hydrogen-bond acceptors (Lipinski definition) is 5. The van der Waals surface area contributed by atoms with Crippen molar-refractivity contribution in [2.24, 2.45) is 0 Å². The molecule has 1 rings (SSSR count). The number of phenols is 1. The third-order valence-corrected chi connectivity index (χ3v) is 2.24. The molecule has 0 aromatic heterocycles. The van der Waals surface area contributed by atoms with Gasteiger partial charge < -0.3 is 14.7 Å². The third kappa shape index (κ3) is 3.09. The van der Waals surface area contributed by atoms with E-state index in [1.807, 2.05) is 6.92 Å². The first kappa shape index (κ1) is 13.8. The molecule has 0 saturated carbocycles. The van der Waals surface area contributed by atoms with E-state index in [-0.39, 0.29) is 5.75 Å². The molecule has 1 N–H and O–H groups in total. The Labute approximate surface area is 104 Å². The van der Waals surface area contributed by atoms with Crippen molar-refractivity contribution < 1.29 is 19.6 Å². The summed E-state index contributed by atoms with van der Waals surface area (Å²) < 4.78 is 4.88. The molecule has 0 aliphatic carbocycles. The number of para-hydroxylation sites is 1. The standard InChI is InChI=1S/C11H14N2O5/c1-3-7-12(2)11(15)18-9-6-4-5-8(10(9)14)13(16)17/h4-6,14H,3,7H2,1-2H3. The number of rotatable bonds is 4. The minimum atomic E-state index is -0.748. The van der Waals surface area contributed by atoms with Gasteiger partial charge in [0.2, 0.25) is 5.75 Å². The number of nitro groups is 1. The van der Waals surface area contributed by atoms with Crippen molar-refractivity contribution in [1.29, 1.82) is 0 Å². The molecule has 0 saturated heterocycles. The van der Waals surface area contributed by atoms with Crippen molar-refractivity contribution in [3.8, 4) is 11.5 Å². The average molecular weight is 254 g/mol. The molecule has 0 heterocycles. The van der Waals surface area contributed by atoms with Crippen molar-refractivity contribution in [2.45, 2.75) is 13.3 Å². The van der Waals surface area contributed by atoms with Crippen LogP contribution in [0.25, 0.3) is 0 Å². The zero-order valence-corrected chi connectivity index (χ0v) is 10.1. The van der Waals surface area contributed by atoms with Crippen LogP contribution in [0.15, 0.2) is 18.2 Å². The first-order chi connectivity index (χ1) is 8.47. The lowest BCUT2D eigenvalue weighted by atomic mass is 10.3. The fourth-order valence-electron chi connectivity index (χ4n) is 1.34. The van der Waals surface area contributed by atoms with E-state index in [1.165, 1.54) is 17.0 Å². The molecular formula is C11H14N2O5. The monoisotopic (exact) mass is 254 g/mol. The predicted molar refractivity (Wildman–Crippen MR) is 63.7 cm³/mol. The fourth-order valence-corrected chi connectivity index (χ4v) is 1.34. The van der Waals surface area contributed by atoms with E-state index < -0.39 is 22.5 Å². The topological polar surface area (TPSA) is 92.9 Å². The van der Waals surface area contributed by atoms with E-state index in [4.69, 9.17) is 4.74 Å². The maximum atomic E-state index is 11.6. The lowest BCUT2D eigenvalue weighted by Crippen LogP contribution is -2.30. The third-order valence-electron chi connectivity index (χ3n) is 2.24. The maximum absolute atomic E-state index is 11.6. The second kappa shape index (κ2) is 5.85. The molecule has 0 unspecified atom stereocenters. The molecule has 0 spiro atoms. The number of hydrogen-bond donors (Lipinski definition) is 1. The van der Waals surface area contributed by atoms with Gasteiger partial charge >= 0.3 is 11.8 Å². The van der Waals surface area contributed by atoms with Crippen molar-refractivity contribution in [3.05, 3.63) is 28.3 Å². The summed E-state index contributed by atoms with van der Waals surface area (Å²) in [5, 5.41) is 20.2. The van der Waals surface area contributed by atoms with Gasteiger partial charge in [-0.25, -0.2) is 4.79 Å². The van der Waals surface area contributed by atoms with Crippen LogP contribution in [0.4, 0.5) is 10.5 Å². The minimum Gasteiger partial charge on any atom is -0.499 e. The van der Waals surface area contributed by atoms with Gasteiger partial charge in [-0.2, -0.15) is 0 Å². The van der Waals surface area contributed by atoms with E-state index in [0.717, 1.165) is 12.5 Å². The Balaban J connectivity index is 2.88. The number of ether oxygens (including phenoxy) is 1. The lowest BCUT2D eigenvalue weighted by Gasteiger charge is -2.15. The average Bonchev–Trinajstić information content (AvgIpc) is 2.31. The first-order valence-electron chi connectivity index (χ1n) is 5.36. The summed E-state index contributed by atoms with van der Waals surface area (Å²) in [7, 11) is 1.54. The fraction of sp³-hybridized carbons (Fsp3) is 0.364. The van der Waals surface area contributed by atoms with Gasteiger partial charge in [0.25, 0.3) is 0 Å². The Kier molecular flexibility index (Phi) is 4.47. The van der Waals surface area contributed by atoms with Crippen molar-refractivity contribution in [1.82, 2.24) is 4.90 Å². The normalized spacial score (nSPS) is 9.89. The van der Waals surface area contributed by atoms with Crippen LogP contribution >= 0.6 is 0 Å². The van der Waals surface area contributed by atoms with E-state index in [1.54, 1.807) is 7.05 Å². The predicted octanol–water partition coefficient (Wildman–Crippen LogP) is 2.14. The molecule has 18 heavy (non-hydrogen) atoms. The Hall–Kier alpha value is -2.31. The van der Waals surface area contributed by atoms with Crippen LogP contribution in [-0.4, -0.2) is 34.6 Å². The molecule has 0 aliphatic rings.